The average Bonchev–Trinajstić information content (AvgIpc) is 2.80. The van der Waals surface area contributed by atoms with Crippen LogP contribution in [0.25, 0.3) is 0 Å². The zero-order chi connectivity index (χ0) is 23.4. The van der Waals surface area contributed by atoms with Crippen LogP contribution in [0.5, 0.6) is 0 Å². The van der Waals surface area contributed by atoms with Gasteiger partial charge >= 0.3 is 0 Å². The van der Waals surface area contributed by atoms with Gasteiger partial charge in [0.25, 0.3) is 0 Å². The Morgan fingerprint density at radius 2 is 0.625 bits per heavy atom. The van der Waals surface area contributed by atoms with Crippen molar-refractivity contribution in [3.05, 3.63) is 0 Å². The third-order valence-electron chi connectivity index (χ3n) is 7.09. The molecular formula is C30H62O2. The van der Waals surface area contributed by atoms with Crippen LogP contribution in [0.3, 0.4) is 0 Å². The molecule has 0 aliphatic heterocycles. The van der Waals surface area contributed by atoms with Crippen LogP contribution in [0.1, 0.15) is 180 Å². The SMILES string of the molecule is CCCCCCCCCCCCCCCCCCCCCCCC(O)CCCCCCO. The second-order valence-corrected chi connectivity index (χ2v) is 10.4. The molecule has 0 aromatic carbocycles. The zero-order valence-corrected chi connectivity index (χ0v) is 22.3. The van der Waals surface area contributed by atoms with E-state index in [0.717, 1.165) is 38.5 Å². The standard InChI is InChI=1S/C30H62O2/c1-2-3-4-5-6-7-8-9-10-11-12-13-14-15-16-17-18-19-20-21-24-27-30(32)28-25-22-23-26-29-31/h30-32H,2-29H2,1H3. The van der Waals surface area contributed by atoms with Crippen molar-refractivity contribution < 1.29 is 10.2 Å². The molecule has 0 amide bonds. The summed E-state index contributed by atoms with van der Waals surface area (Å²) >= 11 is 0. The molecule has 0 aliphatic rings. The molecule has 1 unspecified atom stereocenters. The Morgan fingerprint density at radius 1 is 0.375 bits per heavy atom. The van der Waals surface area contributed by atoms with Crippen molar-refractivity contribution in [2.75, 3.05) is 6.61 Å². The number of aliphatic hydroxyl groups is 2. The van der Waals surface area contributed by atoms with Crippen LogP contribution in [0.15, 0.2) is 0 Å². The predicted octanol–water partition coefficient (Wildman–Crippen LogP) is 9.89. The van der Waals surface area contributed by atoms with E-state index in [1.807, 2.05) is 0 Å². The summed E-state index contributed by atoms with van der Waals surface area (Å²) in [6.45, 7) is 2.60. The topological polar surface area (TPSA) is 40.5 Å². The molecule has 0 radical (unpaired) electrons. The Kier molecular flexibility index (Phi) is 28.9. The lowest BCUT2D eigenvalue weighted by atomic mass is 10.0. The van der Waals surface area contributed by atoms with Crippen molar-refractivity contribution in [1.82, 2.24) is 0 Å². The van der Waals surface area contributed by atoms with E-state index in [-0.39, 0.29) is 6.10 Å². The lowest BCUT2D eigenvalue weighted by Gasteiger charge is -2.10. The maximum Gasteiger partial charge on any atom is 0.0540 e. The quantitative estimate of drug-likeness (QED) is 0.115. The summed E-state index contributed by atoms with van der Waals surface area (Å²) in [5.74, 6) is 0. The number of unbranched alkanes of at least 4 members (excludes halogenated alkanes) is 23. The van der Waals surface area contributed by atoms with Crippen molar-refractivity contribution in [3.8, 4) is 0 Å². The summed E-state index contributed by atoms with van der Waals surface area (Å²) in [5, 5.41) is 18.8. The van der Waals surface area contributed by atoms with Gasteiger partial charge in [0.1, 0.15) is 0 Å². The fourth-order valence-corrected chi connectivity index (χ4v) is 4.80. The van der Waals surface area contributed by atoms with Crippen molar-refractivity contribution >= 4 is 0 Å². The number of hydrogen-bond acceptors (Lipinski definition) is 2. The van der Waals surface area contributed by atoms with Crippen LogP contribution in [-0.4, -0.2) is 22.9 Å². The van der Waals surface area contributed by atoms with Gasteiger partial charge in [-0.3, -0.25) is 0 Å². The van der Waals surface area contributed by atoms with Crippen LogP contribution < -0.4 is 0 Å². The van der Waals surface area contributed by atoms with E-state index in [9.17, 15) is 5.11 Å². The second kappa shape index (κ2) is 29.0. The van der Waals surface area contributed by atoms with Crippen molar-refractivity contribution in [2.24, 2.45) is 0 Å². The Balaban J connectivity index is 3.07. The lowest BCUT2D eigenvalue weighted by molar-refractivity contribution is 0.147. The summed E-state index contributed by atoms with van der Waals surface area (Å²) in [7, 11) is 0. The molecule has 194 valence electrons. The van der Waals surface area contributed by atoms with Crippen LogP contribution in [0, 0.1) is 0 Å². The molecule has 1 atom stereocenters. The van der Waals surface area contributed by atoms with Crippen LogP contribution in [0.2, 0.25) is 0 Å². The maximum absolute atomic E-state index is 10.0. The number of rotatable bonds is 28. The van der Waals surface area contributed by atoms with Crippen molar-refractivity contribution in [3.63, 3.8) is 0 Å². The maximum atomic E-state index is 10.0. The molecule has 0 spiro atoms. The molecule has 2 N–H and O–H groups in total. The Bertz CT molecular complexity index is 318. The van der Waals surface area contributed by atoms with Crippen LogP contribution in [-0.2, 0) is 0 Å². The second-order valence-electron chi connectivity index (χ2n) is 10.4. The first kappa shape index (κ1) is 31.9. The minimum absolute atomic E-state index is 0.0931. The molecule has 0 saturated carbocycles. The molecule has 0 aromatic heterocycles. The zero-order valence-electron chi connectivity index (χ0n) is 22.3. The molecule has 0 saturated heterocycles. The molecule has 0 fully saturated rings. The highest BCUT2D eigenvalue weighted by atomic mass is 16.3. The van der Waals surface area contributed by atoms with Crippen LogP contribution >= 0.6 is 0 Å². The molecule has 0 heterocycles. The van der Waals surface area contributed by atoms with Gasteiger partial charge in [-0.1, -0.05) is 161 Å². The first-order valence-corrected chi connectivity index (χ1v) is 15.1. The molecule has 2 nitrogen and oxygen atoms in total. The largest absolute Gasteiger partial charge is 0.396 e. The molecule has 32 heavy (non-hydrogen) atoms. The van der Waals surface area contributed by atoms with Crippen LogP contribution in [0.4, 0.5) is 0 Å². The van der Waals surface area contributed by atoms with E-state index in [2.05, 4.69) is 6.92 Å². The molecule has 0 bridgehead atoms. The summed E-state index contributed by atoms with van der Waals surface area (Å²) in [5.41, 5.74) is 0. The third kappa shape index (κ3) is 28.0. The number of aliphatic hydroxyl groups excluding tert-OH is 2. The summed E-state index contributed by atoms with van der Waals surface area (Å²) in [4.78, 5) is 0. The average molecular weight is 455 g/mol. The van der Waals surface area contributed by atoms with E-state index in [1.54, 1.807) is 0 Å². The Morgan fingerprint density at radius 3 is 0.906 bits per heavy atom. The molecular weight excluding hydrogens is 392 g/mol. The summed E-state index contributed by atoms with van der Waals surface area (Å²) < 4.78 is 0. The first-order chi connectivity index (χ1) is 15.8. The fraction of sp³-hybridized carbons (Fsp3) is 1.00. The Hall–Kier alpha value is -0.0800. The fourth-order valence-electron chi connectivity index (χ4n) is 4.80. The normalized spacial score (nSPS) is 12.5. The van der Waals surface area contributed by atoms with E-state index in [4.69, 9.17) is 5.11 Å². The van der Waals surface area contributed by atoms with E-state index < -0.39 is 0 Å². The van der Waals surface area contributed by atoms with E-state index >= 15 is 0 Å². The van der Waals surface area contributed by atoms with Crippen molar-refractivity contribution in [2.45, 2.75) is 186 Å². The predicted molar refractivity (Wildman–Crippen MR) is 143 cm³/mol. The monoisotopic (exact) mass is 454 g/mol. The minimum Gasteiger partial charge on any atom is -0.396 e. The third-order valence-corrected chi connectivity index (χ3v) is 7.09. The highest BCUT2D eigenvalue weighted by Crippen LogP contribution is 2.16. The lowest BCUT2D eigenvalue weighted by Crippen LogP contribution is -2.06. The highest BCUT2D eigenvalue weighted by Gasteiger charge is 2.03. The molecule has 0 rings (SSSR count). The summed E-state index contributed by atoms with van der Waals surface area (Å²) in [6, 6.07) is 0. The van der Waals surface area contributed by atoms with Gasteiger partial charge < -0.3 is 10.2 Å². The first-order valence-electron chi connectivity index (χ1n) is 15.1. The summed E-state index contributed by atoms with van der Waals surface area (Å²) in [6.07, 6.45) is 36.0. The smallest absolute Gasteiger partial charge is 0.0540 e. The number of hydrogen-bond donors (Lipinski definition) is 2. The van der Waals surface area contributed by atoms with Gasteiger partial charge in [-0.15, -0.1) is 0 Å². The minimum atomic E-state index is -0.0931. The van der Waals surface area contributed by atoms with Crippen molar-refractivity contribution in [1.29, 1.82) is 0 Å². The van der Waals surface area contributed by atoms with Gasteiger partial charge in [-0.05, 0) is 19.3 Å². The van der Waals surface area contributed by atoms with Gasteiger partial charge in [0.05, 0.1) is 6.10 Å². The van der Waals surface area contributed by atoms with E-state index in [1.165, 1.54) is 135 Å². The highest BCUT2D eigenvalue weighted by molar-refractivity contribution is 4.57. The van der Waals surface area contributed by atoms with Gasteiger partial charge in [-0.25, -0.2) is 0 Å². The van der Waals surface area contributed by atoms with E-state index in [0.29, 0.717) is 6.61 Å². The molecule has 0 aliphatic carbocycles. The van der Waals surface area contributed by atoms with Gasteiger partial charge in [0.2, 0.25) is 0 Å². The molecule has 2 heteroatoms. The van der Waals surface area contributed by atoms with Gasteiger partial charge in [0, 0.05) is 6.61 Å². The van der Waals surface area contributed by atoms with Gasteiger partial charge in [0.15, 0.2) is 0 Å². The molecule has 0 aromatic rings. The Labute approximate surface area is 203 Å². The van der Waals surface area contributed by atoms with Gasteiger partial charge in [-0.2, -0.15) is 0 Å².